The number of rotatable bonds is 4. The molecule has 130 valence electrons. The number of hydrogen-bond donors (Lipinski definition) is 1. The van der Waals surface area contributed by atoms with Gasteiger partial charge in [0.2, 0.25) is 5.78 Å². The number of Topliss-reactive ketones (excluding diaryl/α,β-unsaturated/α-hetero) is 1. The van der Waals surface area contributed by atoms with Crippen LogP contribution >= 0.6 is 0 Å². The van der Waals surface area contributed by atoms with E-state index >= 15 is 0 Å². The average Bonchev–Trinajstić information content (AvgIpc) is 3.16. The summed E-state index contributed by atoms with van der Waals surface area (Å²) in [7, 11) is 0. The highest BCUT2D eigenvalue weighted by Gasteiger charge is 2.27. The molecule has 0 unspecified atom stereocenters. The molecule has 6 nitrogen and oxygen atoms in total. The van der Waals surface area contributed by atoms with Crippen molar-refractivity contribution >= 4 is 17.6 Å². The second kappa shape index (κ2) is 7.34. The Labute approximate surface area is 145 Å². The van der Waals surface area contributed by atoms with Gasteiger partial charge in [-0.1, -0.05) is 29.8 Å². The van der Waals surface area contributed by atoms with Crippen molar-refractivity contribution in [3.05, 3.63) is 59.5 Å². The number of ketones is 1. The number of carbonyl (C=O) groups is 3. The molecule has 0 atom stereocenters. The van der Waals surface area contributed by atoms with Gasteiger partial charge in [-0.2, -0.15) is 0 Å². The van der Waals surface area contributed by atoms with E-state index in [0.29, 0.717) is 37.3 Å². The van der Waals surface area contributed by atoms with Gasteiger partial charge in [-0.25, -0.2) is 0 Å². The lowest BCUT2D eigenvalue weighted by atomic mass is 10.0. The zero-order chi connectivity index (χ0) is 17.8. The molecule has 2 aromatic rings. The maximum absolute atomic E-state index is 12.2. The highest BCUT2D eigenvalue weighted by atomic mass is 16.3. The highest BCUT2D eigenvalue weighted by molar-refractivity contribution is 6.42. The van der Waals surface area contributed by atoms with Gasteiger partial charge < -0.3 is 14.6 Å². The zero-order valence-electron chi connectivity index (χ0n) is 14.0. The first-order valence-electron chi connectivity index (χ1n) is 8.29. The first-order chi connectivity index (χ1) is 12.0. The van der Waals surface area contributed by atoms with Crippen LogP contribution in [0, 0.1) is 6.92 Å². The number of likely N-dealkylation sites (tertiary alicyclic amines) is 1. The summed E-state index contributed by atoms with van der Waals surface area (Å²) >= 11 is 0. The maximum Gasteiger partial charge on any atom is 0.292 e. The van der Waals surface area contributed by atoms with Crippen molar-refractivity contribution in [2.24, 2.45) is 0 Å². The third-order valence-corrected chi connectivity index (χ3v) is 4.37. The van der Waals surface area contributed by atoms with Crippen molar-refractivity contribution in [2.75, 3.05) is 13.1 Å². The van der Waals surface area contributed by atoms with Gasteiger partial charge in [0.1, 0.15) is 0 Å². The number of piperidine rings is 1. The highest BCUT2D eigenvalue weighted by Crippen LogP contribution is 2.15. The van der Waals surface area contributed by atoms with Gasteiger partial charge in [0.15, 0.2) is 5.76 Å². The number of aryl methyl sites for hydroxylation is 1. The fourth-order valence-electron chi connectivity index (χ4n) is 2.87. The molecule has 2 heterocycles. The summed E-state index contributed by atoms with van der Waals surface area (Å²) < 4.78 is 5.12. The fraction of sp³-hybridized carbons (Fsp3) is 0.316. The second-order valence-corrected chi connectivity index (χ2v) is 6.21. The van der Waals surface area contributed by atoms with Gasteiger partial charge in [0, 0.05) is 24.7 Å². The van der Waals surface area contributed by atoms with Crippen molar-refractivity contribution in [1.82, 2.24) is 10.2 Å². The lowest BCUT2D eigenvalue weighted by Crippen LogP contribution is -2.48. The summed E-state index contributed by atoms with van der Waals surface area (Å²) in [6.45, 7) is 2.96. The number of nitrogens with one attached hydrogen (secondary N) is 1. The maximum atomic E-state index is 12.2. The van der Waals surface area contributed by atoms with E-state index in [0.717, 1.165) is 5.56 Å². The minimum atomic E-state index is -0.598. The zero-order valence-corrected chi connectivity index (χ0v) is 14.0. The Morgan fingerprint density at radius 3 is 2.36 bits per heavy atom. The summed E-state index contributed by atoms with van der Waals surface area (Å²) in [5.74, 6) is -0.962. The summed E-state index contributed by atoms with van der Waals surface area (Å²) in [5, 5.41) is 2.78. The van der Waals surface area contributed by atoms with Crippen LogP contribution in [0.4, 0.5) is 0 Å². The molecule has 1 aromatic heterocycles. The molecule has 1 aliphatic heterocycles. The molecule has 1 aromatic carbocycles. The Bertz CT molecular complexity index is 757. The Hall–Kier alpha value is -2.89. The normalized spacial score (nSPS) is 15.0. The summed E-state index contributed by atoms with van der Waals surface area (Å²) in [6.07, 6.45) is 2.69. The molecule has 1 fully saturated rings. The molecule has 1 aliphatic rings. The molecule has 6 heteroatoms. The molecule has 25 heavy (non-hydrogen) atoms. The van der Waals surface area contributed by atoms with Gasteiger partial charge in [-0.3, -0.25) is 14.4 Å². The quantitative estimate of drug-likeness (QED) is 0.683. The fourth-order valence-corrected chi connectivity index (χ4v) is 2.87. The first-order valence-corrected chi connectivity index (χ1v) is 8.29. The van der Waals surface area contributed by atoms with Gasteiger partial charge in [-0.15, -0.1) is 0 Å². The van der Waals surface area contributed by atoms with Crippen molar-refractivity contribution in [3.63, 3.8) is 0 Å². The van der Waals surface area contributed by atoms with Gasteiger partial charge in [-0.05, 0) is 31.9 Å². The topological polar surface area (TPSA) is 79.6 Å². The largest absolute Gasteiger partial charge is 0.459 e. The van der Waals surface area contributed by atoms with Crippen LogP contribution in [-0.2, 0) is 4.79 Å². The molecular formula is C19H20N2O4. The predicted octanol–water partition coefficient (Wildman–Crippen LogP) is 2.19. The van der Waals surface area contributed by atoms with E-state index in [1.54, 1.807) is 41.3 Å². The Kier molecular flexibility index (Phi) is 4.97. The van der Waals surface area contributed by atoms with Crippen LogP contribution in [0.15, 0.2) is 47.1 Å². The van der Waals surface area contributed by atoms with Gasteiger partial charge in [0.25, 0.3) is 11.8 Å². The summed E-state index contributed by atoms with van der Waals surface area (Å²) in [6, 6.07) is 10.1. The van der Waals surface area contributed by atoms with E-state index in [1.807, 2.05) is 6.92 Å². The average molecular weight is 340 g/mol. The van der Waals surface area contributed by atoms with Crippen LogP contribution in [0.3, 0.4) is 0 Å². The van der Waals surface area contributed by atoms with E-state index in [4.69, 9.17) is 4.42 Å². The molecule has 1 N–H and O–H groups in total. The first kappa shape index (κ1) is 17.0. The molecular weight excluding hydrogens is 320 g/mol. The molecule has 0 saturated carbocycles. The Balaban J connectivity index is 1.51. The van der Waals surface area contributed by atoms with E-state index in [-0.39, 0.29) is 11.9 Å². The number of carbonyl (C=O) groups excluding carboxylic acids is 3. The third-order valence-electron chi connectivity index (χ3n) is 4.37. The minimum Gasteiger partial charge on any atom is -0.459 e. The molecule has 0 aliphatic carbocycles. The van der Waals surface area contributed by atoms with E-state index in [9.17, 15) is 14.4 Å². The van der Waals surface area contributed by atoms with Crippen molar-refractivity contribution in [2.45, 2.75) is 25.8 Å². The molecule has 1 saturated heterocycles. The van der Waals surface area contributed by atoms with E-state index in [1.165, 1.54) is 6.26 Å². The number of furan rings is 1. The van der Waals surface area contributed by atoms with E-state index < -0.39 is 11.7 Å². The third kappa shape index (κ3) is 3.96. The molecule has 0 bridgehead atoms. The minimum absolute atomic E-state index is 0.109. The summed E-state index contributed by atoms with van der Waals surface area (Å²) in [5.41, 5.74) is 1.42. The van der Waals surface area contributed by atoms with Crippen LogP contribution in [0.5, 0.6) is 0 Å². The molecule has 2 amide bonds. The van der Waals surface area contributed by atoms with Crippen LogP contribution in [0.2, 0.25) is 0 Å². The van der Waals surface area contributed by atoms with Crippen molar-refractivity contribution < 1.29 is 18.8 Å². The molecule has 3 rings (SSSR count). The summed E-state index contributed by atoms with van der Waals surface area (Å²) in [4.78, 5) is 38.2. The number of amides is 2. The van der Waals surface area contributed by atoms with E-state index in [2.05, 4.69) is 5.32 Å². The number of hydrogen-bond acceptors (Lipinski definition) is 4. The van der Waals surface area contributed by atoms with Crippen LogP contribution in [0.25, 0.3) is 0 Å². The monoisotopic (exact) mass is 340 g/mol. The van der Waals surface area contributed by atoms with Crippen LogP contribution < -0.4 is 5.32 Å². The smallest absolute Gasteiger partial charge is 0.292 e. The van der Waals surface area contributed by atoms with Crippen molar-refractivity contribution in [3.8, 4) is 0 Å². The van der Waals surface area contributed by atoms with Crippen LogP contribution in [-0.4, -0.2) is 41.6 Å². The predicted molar refractivity (Wildman–Crippen MR) is 91.3 cm³/mol. The number of nitrogens with zero attached hydrogens (tertiary/aromatic N) is 1. The lowest BCUT2D eigenvalue weighted by Gasteiger charge is -2.31. The molecule has 0 spiro atoms. The SMILES string of the molecule is Cc1ccc(C(=O)C(=O)NC2CCN(C(=O)c3ccco3)CC2)cc1. The standard InChI is InChI=1S/C19H20N2O4/c1-13-4-6-14(7-5-13)17(22)18(23)20-15-8-10-21(11-9-15)19(24)16-3-2-12-25-16/h2-7,12,15H,8-11H2,1H3,(H,20,23). The van der Waals surface area contributed by atoms with Crippen molar-refractivity contribution in [1.29, 1.82) is 0 Å². The number of benzene rings is 1. The Morgan fingerprint density at radius 1 is 1.08 bits per heavy atom. The lowest BCUT2D eigenvalue weighted by molar-refractivity contribution is -0.117. The van der Waals surface area contributed by atoms with Gasteiger partial charge in [0.05, 0.1) is 6.26 Å². The van der Waals surface area contributed by atoms with Crippen LogP contribution in [0.1, 0.15) is 39.3 Å². The molecule has 0 radical (unpaired) electrons. The Morgan fingerprint density at radius 2 is 1.76 bits per heavy atom. The second-order valence-electron chi connectivity index (χ2n) is 6.21. The van der Waals surface area contributed by atoms with Gasteiger partial charge >= 0.3 is 0 Å².